The van der Waals surface area contributed by atoms with E-state index in [4.69, 9.17) is 16.3 Å². The minimum atomic E-state index is -0.492. The van der Waals surface area contributed by atoms with Gasteiger partial charge in [0.05, 0.1) is 28.6 Å². The summed E-state index contributed by atoms with van der Waals surface area (Å²) in [5, 5.41) is 8.44. The number of ether oxygens (including phenoxy) is 1. The van der Waals surface area contributed by atoms with Gasteiger partial charge in [-0.05, 0) is 56.2 Å². The molecule has 0 spiro atoms. The highest BCUT2D eigenvalue weighted by Crippen LogP contribution is 2.38. The first-order chi connectivity index (χ1) is 15.0. The Bertz CT molecular complexity index is 1130. The number of rotatable bonds is 4. The fourth-order valence-corrected chi connectivity index (χ4v) is 4.67. The Morgan fingerprint density at radius 3 is 2.74 bits per heavy atom. The van der Waals surface area contributed by atoms with Crippen LogP contribution in [0.15, 0.2) is 48.5 Å². The number of nitrogens with zero attached hydrogens (tertiary/aromatic N) is 3. The van der Waals surface area contributed by atoms with E-state index in [-0.39, 0.29) is 17.8 Å². The lowest BCUT2D eigenvalue weighted by Gasteiger charge is -2.39. The van der Waals surface area contributed by atoms with Crippen LogP contribution < -0.4 is 5.32 Å². The zero-order valence-corrected chi connectivity index (χ0v) is 17.8. The summed E-state index contributed by atoms with van der Waals surface area (Å²) in [6.45, 7) is 3.03. The number of anilines is 1. The molecule has 2 aliphatic rings. The molecule has 1 saturated heterocycles. The van der Waals surface area contributed by atoms with Gasteiger partial charge in [0.1, 0.15) is 17.1 Å². The van der Waals surface area contributed by atoms with Crippen molar-refractivity contribution in [2.45, 2.75) is 32.0 Å². The number of hydrogen-bond acceptors (Lipinski definition) is 4. The van der Waals surface area contributed by atoms with Crippen molar-refractivity contribution in [2.75, 3.05) is 18.5 Å². The first-order valence-electron chi connectivity index (χ1n) is 10.3. The van der Waals surface area contributed by atoms with E-state index >= 15 is 0 Å². The number of carbonyl (C=O) groups excluding carboxylic acids is 1. The number of aryl methyl sites for hydroxylation is 1. The van der Waals surface area contributed by atoms with Crippen molar-refractivity contribution >= 4 is 23.2 Å². The van der Waals surface area contributed by atoms with Gasteiger partial charge in [0.25, 0.3) is 5.91 Å². The van der Waals surface area contributed by atoms with Crippen LogP contribution in [-0.2, 0) is 4.74 Å². The number of hydrogen-bond donors (Lipinski definition) is 1. The number of amides is 1. The van der Waals surface area contributed by atoms with Gasteiger partial charge in [-0.2, -0.15) is 5.10 Å². The number of halogens is 2. The maximum atomic E-state index is 13.4. The van der Waals surface area contributed by atoms with E-state index in [1.807, 2.05) is 31.2 Å². The van der Waals surface area contributed by atoms with E-state index in [2.05, 4.69) is 10.4 Å². The molecular formula is C23H22ClFN4O2. The zero-order chi connectivity index (χ0) is 21.5. The van der Waals surface area contributed by atoms with Gasteiger partial charge < -0.3 is 15.0 Å². The van der Waals surface area contributed by atoms with E-state index in [0.29, 0.717) is 40.8 Å². The van der Waals surface area contributed by atoms with Crippen LogP contribution >= 0.6 is 11.6 Å². The lowest BCUT2D eigenvalue weighted by Crippen LogP contribution is -2.46. The zero-order valence-electron chi connectivity index (χ0n) is 17.0. The largest absolute Gasteiger partial charge is 0.376 e. The van der Waals surface area contributed by atoms with Gasteiger partial charge in [-0.1, -0.05) is 23.7 Å². The molecule has 0 radical (unpaired) electrons. The summed E-state index contributed by atoms with van der Waals surface area (Å²) in [4.78, 5) is 15.2. The molecule has 31 heavy (non-hydrogen) atoms. The molecule has 0 bridgehead atoms. The SMILES string of the molecule is Cc1nn(-c2ccc(F)cc2)c(Cl)c1[C@H]1Nc2ccccc2C(=O)N1C[C@H]1CCCO1. The van der Waals surface area contributed by atoms with Crippen LogP contribution in [0.25, 0.3) is 5.69 Å². The van der Waals surface area contributed by atoms with Crippen LogP contribution in [0.5, 0.6) is 0 Å². The minimum absolute atomic E-state index is 0.00950. The van der Waals surface area contributed by atoms with Gasteiger partial charge in [-0.3, -0.25) is 4.79 Å². The second-order valence-corrected chi connectivity index (χ2v) is 8.22. The Kier molecular flexibility index (Phi) is 5.16. The molecule has 3 aromatic rings. The van der Waals surface area contributed by atoms with Crippen LogP contribution in [0.2, 0.25) is 5.15 Å². The predicted molar refractivity (Wildman–Crippen MR) is 116 cm³/mol. The Balaban J connectivity index is 1.58. The molecule has 1 fully saturated rings. The first kappa shape index (κ1) is 20.0. The molecule has 0 unspecified atom stereocenters. The maximum Gasteiger partial charge on any atom is 0.257 e. The van der Waals surface area contributed by atoms with Crippen LogP contribution in [-0.4, -0.2) is 39.8 Å². The lowest BCUT2D eigenvalue weighted by molar-refractivity contribution is 0.0426. The Morgan fingerprint density at radius 1 is 1.23 bits per heavy atom. The van der Waals surface area contributed by atoms with E-state index in [9.17, 15) is 9.18 Å². The molecule has 5 rings (SSSR count). The number of aromatic nitrogens is 2. The third-order valence-electron chi connectivity index (χ3n) is 5.84. The summed E-state index contributed by atoms with van der Waals surface area (Å²) in [5.41, 5.74) is 3.43. The molecule has 2 aromatic carbocycles. The molecule has 1 N–H and O–H groups in total. The predicted octanol–water partition coefficient (Wildman–Crippen LogP) is 4.72. The van der Waals surface area contributed by atoms with Crippen molar-refractivity contribution in [3.05, 3.63) is 76.3 Å². The van der Waals surface area contributed by atoms with Crippen LogP contribution in [0, 0.1) is 12.7 Å². The molecule has 1 amide bonds. The van der Waals surface area contributed by atoms with Gasteiger partial charge >= 0.3 is 0 Å². The molecule has 8 heteroatoms. The summed E-state index contributed by atoms with van der Waals surface area (Å²) in [6.07, 6.45) is 1.40. The Labute approximate surface area is 184 Å². The van der Waals surface area contributed by atoms with Gasteiger partial charge in [0.2, 0.25) is 0 Å². The smallest absolute Gasteiger partial charge is 0.257 e. The van der Waals surface area contributed by atoms with Crippen molar-refractivity contribution in [2.24, 2.45) is 0 Å². The molecule has 0 saturated carbocycles. The van der Waals surface area contributed by atoms with E-state index in [0.717, 1.165) is 18.5 Å². The molecule has 0 aliphatic carbocycles. The second kappa shape index (κ2) is 7.98. The lowest BCUT2D eigenvalue weighted by atomic mass is 10.0. The fraction of sp³-hybridized carbons (Fsp3) is 0.304. The summed E-state index contributed by atoms with van der Waals surface area (Å²) in [6, 6.07) is 13.4. The third kappa shape index (κ3) is 3.58. The van der Waals surface area contributed by atoms with Gasteiger partial charge in [0, 0.05) is 18.8 Å². The van der Waals surface area contributed by atoms with Crippen molar-refractivity contribution in [3.8, 4) is 5.69 Å². The molecule has 2 aliphatic heterocycles. The van der Waals surface area contributed by atoms with Crippen LogP contribution in [0.3, 0.4) is 0 Å². The number of benzene rings is 2. The number of para-hydroxylation sites is 1. The van der Waals surface area contributed by atoms with Crippen molar-refractivity contribution in [1.82, 2.24) is 14.7 Å². The van der Waals surface area contributed by atoms with Gasteiger partial charge in [-0.15, -0.1) is 0 Å². The topological polar surface area (TPSA) is 59.4 Å². The maximum absolute atomic E-state index is 13.4. The Hall–Kier alpha value is -2.90. The monoisotopic (exact) mass is 440 g/mol. The molecule has 3 heterocycles. The normalized spacial score (nSPS) is 20.6. The van der Waals surface area contributed by atoms with E-state index < -0.39 is 6.17 Å². The standard InChI is InChI=1S/C23H22ClFN4O2/c1-14-20(21(24)29(27-14)16-10-8-15(25)9-11-16)22-26-19-7-3-2-6-18(19)23(30)28(22)13-17-5-4-12-31-17/h2-3,6-11,17,22,26H,4-5,12-13H2,1H3/t17-,22+/m1/s1. The number of nitrogens with one attached hydrogen (secondary N) is 1. The summed E-state index contributed by atoms with van der Waals surface area (Å²) < 4.78 is 20.8. The average Bonchev–Trinajstić information content (AvgIpc) is 3.38. The van der Waals surface area contributed by atoms with Crippen molar-refractivity contribution < 1.29 is 13.9 Å². The van der Waals surface area contributed by atoms with Gasteiger partial charge in [0.15, 0.2) is 0 Å². The highest BCUT2D eigenvalue weighted by Gasteiger charge is 2.38. The highest BCUT2D eigenvalue weighted by atomic mass is 35.5. The average molecular weight is 441 g/mol. The van der Waals surface area contributed by atoms with Crippen molar-refractivity contribution in [1.29, 1.82) is 0 Å². The van der Waals surface area contributed by atoms with E-state index in [1.54, 1.807) is 21.7 Å². The van der Waals surface area contributed by atoms with Crippen LogP contribution in [0.4, 0.5) is 10.1 Å². The summed E-state index contributed by atoms with van der Waals surface area (Å²) >= 11 is 6.79. The molecule has 2 atom stereocenters. The fourth-order valence-electron chi connectivity index (χ4n) is 4.29. The summed E-state index contributed by atoms with van der Waals surface area (Å²) in [7, 11) is 0. The second-order valence-electron chi connectivity index (χ2n) is 7.86. The Morgan fingerprint density at radius 2 is 2.00 bits per heavy atom. The van der Waals surface area contributed by atoms with Gasteiger partial charge in [-0.25, -0.2) is 9.07 Å². The van der Waals surface area contributed by atoms with Crippen LogP contribution in [0.1, 0.15) is 40.6 Å². The van der Waals surface area contributed by atoms with Crippen molar-refractivity contribution in [3.63, 3.8) is 0 Å². The quantitative estimate of drug-likeness (QED) is 0.637. The molecule has 160 valence electrons. The highest BCUT2D eigenvalue weighted by molar-refractivity contribution is 6.30. The number of fused-ring (bicyclic) bond motifs is 1. The molecular weight excluding hydrogens is 419 g/mol. The first-order valence-corrected chi connectivity index (χ1v) is 10.7. The van der Waals surface area contributed by atoms with E-state index in [1.165, 1.54) is 12.1 Å². The molecule has 6 nitrogen and oxygen atoms in total. The third-order valence-corrected chi connectivity index (χ3v) is 6.20. The summed E-state index contributed by atoms with van der Waals surface area (Å²) in [5.74, 6) is -0.400. The minimum Gasteiger partial charge on any atom is -0.376 e. The molecule has 1 aromatic heterocycles. The number of carbonyl (C=O) groups is 1.